The zero-order valence-corrected chi connectivity index (χ0v) is 7.79. The first-order chi connectivity index (χ1) is 6.29. The van der Waals surface area contributed by atoms with Crippen LogP contribution in [-0.2, 0) is 9.47 Å². The Kier molecular flexibility index (Phi) is 1.56. The molecule has 1 aliphatic heterocycles. The van der Waals surface area contributed by atoms with Crippen molar-refractivity contribution < 1.29 is 14.6 Å². The Morgan fingerprint density at radius 1 is 1.15 bits per heavy atom. The largest absolute Gasteiger partial charge is 0.396 e. The fourth-order valence-electron chi connectivity index (χ4n) is 2.98. The molecule has 3 rings (SSSR count). The fraction of sp³-hybridized carbons (Fsp3) is 1.00. The smallest absolute Gasteiger partial charge is 0.168 e. The summed E-state index contributed by atoms with van der Waals surface area (Å²) in [5.74, 6) is 0.407. The zero-order chi connectivity index (χ0) is 8.94. The second kappa shape index (κ2) is 2.47. The predicted octanol–water partition coefficient (Wildman–Crippen LogP) is 0.912. The number of rotatable bonds is 1. The molecule has 3 heteroatoms. The number of hydrogen-bond acceptors (Lipinski definition) is 3. The minimum atomic E-state index is -0.250. The van der Waals surface area contributed by atoms with Crippen molar-refractivity contribution in [2.75, 3.05) is 19.8 Å². The van der Waals surface area contributed by atoms with Crippen LogP contribution in [0.25, 0.3) is 0 Å². The molecule has 1 saturated heterocycles. The molecule has 0 radical (unpaired) electrons. The second-order valence-electron chi connectivity index (χ2n) is 4.73. The fourth-order valence-corrected chi connectivity index (χ4v) is 2.98. The number of hydrogen-bond donors (Lipinski definition) is 1. The van der Waals surface area contributed by atoms with Crippen molar-refractivity contribution in [3.63, 3.8) is 0 Å². The van der Waals surface area contributed by atoms with E-state index in [0.29, 0.717) is 12.5 Å². The van der Waals surface area contributed by atoms with Crippen molar-refractivity contribution in [2.45, 2.75) is 31.5 Å². The molecule has 3 nitrogen and oxygen atoms in total. The maximum atomic E-state index is 9.24. The van der Waals surface area contributed by atoms with Crippen LogP contribution in [0.15, 0.2) is 0 Å². The third-order valence-corrected chi connectivity index (χ3v) is 4.05. The highest BCUT2D eigenvalue weighted by Crippen LogP contribution is 2.64. The predicted molar refractivity (Wildman–Crippen MR) is 46.1 cm³/mol. The zero-order valence-electron chi connectivity index (χ0n) is 7.79. The number of fused-ring (bicyclic) bond motifs is 1. The first-order valence-electron chi connectivity index (χ1n) is 5.17. The highest BCUT2D eigenvalue weighted by atomic mass is 16.7. The van der Waals surface area contributed by atoms with Gasteiger partial charge in [-0.25, -0.2) is 0 Å². The van der Waals surface area contributed by atoms with Crippen molar-refractivity contribution in [3.8, 4) is 0 Å². The molecule has 2 atom stereocenters. The molecule has 3 aliphatic rings. The number of aliphatic hydroxyl groups is 1. The van der Waals surface area contributed by atoms with E-state index in [2.05, 4.69) is 0 Å². The number of aliphatic hydroxyl groups excluding tert-OH is 1. The van der Waals surface area contributed by atoms with Gasteiger partial charge in [-0.2, -0.15) is 0 Å². The van der Waals surface area contributed by atoms with Gasteiger partial charge in [-0.1, -0.05) is 0 Å². The van der Waals surface area contributed by atoms with Crippen LogP contribution in [0.5, 0.6) is 0 Å². The van der Waals surface area contributed by atoms with Gasteiger partial charge in [0.1, 0.15) is 0 Å². The van der Waals surface area contributed by atoms with Gasteiger partial charge in [0.05, 0.1) is 13.2 Å². The quantitative estimate of drug-likeness (QED) is 0.658. The monoisotopic (exact) mass is 184 g/mol. The molecule has 1 spiro atoms. The van der Waals surface area contributed by atoms with Crippen LogP contribution in [-0.4, -0.2) is 30.7 Å². The van der Waals surface area contributed by atoms with Gasteiger partial charge in [0.25, 0.3) is 0 Å². The van der Waals surface area contributed by atoms with Crippen LogP contribution in [0.4, 0.5) is 0 Å². The Hall–Kier alpha value is -0.120. The van der Waals surface area contributed by atoms with E-state index in [-0.39, 0.29) is 11.2 Å². The molecule has 13 heavy (non-hydrogen) atoms. The molecule has 0 aromatic rings. The lowest BCUT2D eigenvalue weighted by molar-refractivity contribution is -0.185. The van der Waals surface area contributed by atoms with Gasteiger partial charge < -0.3 is 14.6 Å². The first kappa shape index (κ1) is 8.21. The van der Waals surface area contributed by atoms with Gasteiger partial charge in [0.15, 0.2) is 5.79 Å². The SMILES string of the molecule is OCC12CCC3(CC1C2)OCCO3. The summed E-state index contributed by atoms with van der Waals surface area (Å²) in [7, 11) is 0. The van der Waals surface area contributed by atoms with E-state index in [1.54, 1.807) is 0 Å². The van der Waals surface area contributed by atoms with E-state index in [9.17, 15) is 5.11 Å². The lowest BCUT2D eigenvalue weighted by atomic mass is 9.85. The summed E-state index contributed by atoms with van der Waals surface area (Å²) in [6.45, 7) is 1.85. The maximum absolute atomic E-state index is 9.24. The Labute approximate surface area is 78.0 Å². The lowest BCUT2D eigenvalue weighted by Gasteiger charge is -2.34. The molecule has 3 fully saturated rings. The van der Waals surface area contributed by atoms with Crippen molar-refractivity contribution in [1.29, 1.82) is 0 Å². The van der Waals surface area contributed by atoms with Crippen LogP contribution in [0.1, 0.15) is 25.7 Å². The second-order valence-corrected chi connectivity index (χ2v) is 4.73. The van der Waals surface area contributed by atoms with Gasteiger partial charge >= 0.3 is 0 Å². The minimum Gasteiger partial charge on any atom is -0.396 e. The molecule has 2 unspecified atom stereocenters. The van der Waals surface area contributed by atoms with E-state index in [1.807, 2.05) is 0 Å². The Morgan fingerprint density at radius 3 is 2.54 bits per heavy atom. The third kappa shape index (κ3) is 1.07. The first-order valence-corrected chi connectivity index (χ1v) is 5.17. The van der Waals surface area contributed by atoms with Crippen molar-refractivity contribution >= 4 is 0 Å². The van der Waals surface area contributed by atoms with Crippen LogP contribution in [0.3, 0.4) is 0 Å². The molecule has 2 aliphatic carbocycles. The maximum Gasteiger partial charge on any atom is 0.168 e. The summed E-state index contributed by atoms with van der Waals surface area (Å²) >= 11 is 0. The standard InChI is InChI=1S/C10H16O3/c11-7-9-1-2-10(6-8(9)5-9)12-3-4-13-10/h8,11H,1-7H2. The third-order valence-electron chi connectivity index (χ3n) is 4.05. The summed E-state index contributed by atoms with van der Waals surface area (Å²) < 4.78 is 11.3. The molecular formula is C10H16O3. The molecular weight excluding hydrogens is 168 g/mol. The molecule has 0 aromatic heterocycles. The summed E-state index contributed by atoms with van der Waals surface area (Å²) in [6.07, 6.45) is 4.24. The van der Waals surface area contributed by atoms with Crippen LogP contribution in [0, 0.1) is 11.3 Å². The highest BCUT2D eigenvalue weighted by Gasteiger charge is 2.61. The summed E-state index contributed by atoms with van der Waals surface area (Å²) in [6, 6.07) is 0. The lowest BCUT2D eigenvalue weighted by Crippen LogP contribution is -2.36. The Balaban J connectivity index is 1.72. The van der Waals surface area contributed by atoms with Crippen LogP contribution < -0.4 is 0 Å². The van der Waals surface area contributed by atoms with E-state index in [1.165, 1.54) is 6.42 Å². The molecule has 0 aromatic carbocycles. The van der Waals surface area contributed by atoms with Gasteiger partial charge in [-0.3, -0.25) is 0 Å². The van der Waals surface area contributed by atoms with Gasteiger partial charge in [-0.15, -0.1) is 0 Å². The average Bonchev–Trinajstić information content (AvgIpc) is 2.69. The molecule has 74 valence electrons. The molecule has 2 saturated carbocycles. The molecule has 0 amide bonds. The van der Waals surface area contributed by atoms with E-state index in [0.717, 1.165) is 32.5 Å². The minimum absolute atomic E-state index is 0.250. The van der Waals surface area contributed by atoms with Gasteiger partial charge in [0.2, 0.25) is 0 Å². The van der Waals surface area contributed by atoms with E-state index in [4.69, 9.17) is 9.47 Å². The topological polar surface area (TPSA) is 38.7 Å². The van der Waals surface area contributed by atoms with Gasteiger partial charge in [0, 0.05) is 19.4 Å². The van der Waals surface area contributed by atoms with Crippen LogP contribution in [0.2, 0.25) is 0 Å². The van der Waals surface area contributed by atoms with Gasteiger partial charge in [-0.05, 0) is 24.2 Å². The molecule has 1 N–H and O–H groups in total. The summed E-state index contributed by atoms with van der Waals surface area (Å²) in [4.78, 5) is 0. The van der Waals surface area contributed by atoms with Crippen LogP contribution >= 0.6 is 0 Å². The van der Waals surface area contributed by atoms with E-state index < -0.39 is 0 Å². The number of ether oxygens (including phenoxy) is 2. The average molecular weight is 184 g/mol. The van der Waals surface area contributed by atoms with Crippen molar-refractivity contribution in [1.82, 2.24) is 0 Å². The van der Waals surface area contributed by atoms with Crippen molar-refractivity contribution in [2.24, 2.45) is 11.3 Å². The molecule has 0 bridgehead atoms. The normalized spacial score (nSPS) is 46.4. The Bertz CT molecular complexity index is 222. The summed E-state index contributed by atoms with van der Waals surface area (Å²) in [5, 5.41) is 9.24. The van der Waals surface area contributed by atoms with E-state index >= 15 is 0 Å². The van der Waals surface area contributed by atoms with Crippen molar-refractivity contribution in [3.05, 3.63) is 0 Å². The highest BCUT2D eigenvalue weighted by molar-refractivity contribution is 5.08. The summed E-state index contributed by atoms with van der Waals surface area (Å²) in [5.41, 5.74) is 0.264. The molecule has 1 heterocycles. The Morgan fingerprint density at radius 2 is 1.92 bits per heavy atom.